The van der Waals surface area contributed by atoms with Crippen molar-refractivity contribution in [3.63, 3.8) is 0 Å². The summed E-state index contributed by atoms with van der Waals surface area (Å²) in [6.07, 6.45) is 2.04. The molecule has 2 aromatic carbocycles. The lowest BCUT2D eigenvalue weighted by atomic mass is 10.3. The fraction of sp³-hybridized carbons (Fsp3) is 0.188. The van der Waals surface area contributed by atoms with Crippen LogP contribution in [0.3, 0.4) is 0 Å². The number of urea groups is 1. The molecule has 1 fully saturated rings. The van der Waals surface area contributed by atoms with E-state index in [4.69, 9.17) is 0 Å². The van der Waals surface area contributed by atoms with Crippen molar-refractivity contribution in [3.05, 3.63) is 53.0 Å². The van der Waals surface area contributed by atoms with Gasteiger partial charge in [-0.3, -0.25) is 4.72 Å². The van der Waals surface area contributed by atoms with Gasteiger partial charge in [-0.25, -0.2) is 13.2 Å². The van der Waals surface area contributed by atoms with E-state index >= 15 is 0 Å². The lowest BCUT2D eigenvalue weighted by Gasteiger charge is -2.10. The summed E-state index contributed by atoms with van der Waals surface area (Å²) in [5.41, 5.74) is 1.02. The Morgan fingerprint density at radius 1 is 1.04 bits per heavy atom. The van der Waals surface area contributed by atoms with Crippen LogP contribution >= 0.6 is 15.9 Å². The first-order valence-corrected chi connectivity index (χ1v) is 9.66. The van der Waals surface area contributed by atoms with E-state index in [-0.39, 0.29) is 17.0 Å². The molecule has 0 saturated heterocycles. The topological polar surface area (TPSA) is 87.3 Å². The van der Waals surface area contributed by atoms with Gasteiger partial charge in [-0.1, -0.05) is 22.0 Å². The molecule has 0 unspecified atom stereocenters. The van der Waals surface area contributed by atoms with Gasteiger partial charge in [0, 0.05) is 21.9 Å². The summed E-state index contributed by atoms with van der Waals surface area (Å²) >= 11 is 3.26. The number of amides is 2. The van der Waals surface area contributed by atoms with Gasteiger partial charge in [-0.15, -0.1) is 0 Å². The van der Waals surface area contributed by atoms with Crippen molar-refractivity contribution in [2.24, 2.45) is 0 Å². The molecule has 6 nitrogen and oxygen atoms in total. The second kappa shape index (κ2) is 6.82. The molecule has 3 N–H and O–H groups in total. The van der Waals surface area contributed by atoms with E-state index in [2.05, 4.69) is 31.3 Å². The average Bonchev–Trinajstić information content (AvgIpc) is 3.33. The van der Waals surface area contributed by atoms with Crippen LogP contribution in [0.5, 0.6) is 0 Å². The number of benzene rings is 2. The summed E-state index contributed by atoms with van der Waals surface area (Å²) in [5.74, 6) is 0. The Morgan fingerprint density at radius 3 is 2.33 bits per heavy atom. The van der Waals surface area contributed by atoms with E-state index in [0.717, 1.165) is 12.8 Å². The maximum absolute atomic E-state index is 12.3. The highest BCUT2D eigenvalue weighted by Crippen LogP contribution is 2.21. The third-order valence-corrected chi connectivity index (χ3v) is 5.29. The van der Waals surface area contributed by atoms with E-state index in [0.29, 0.717) is 15.8 Å². The number of rotatable bonds is 5. The standard InChI is InChI=1S/C16H16BrN3O3S/c17-11-2-1-3-15(10-11)24(22,23)20-14-8-6-13(7-9-14)19-16(21)18-12-4-5-12/h1-3,6-10,12,20H,4-5H2,(H2,18,19,21). The molecule has 0 aliphatic heterocycles. The Kier molecular flexibility index (Phi) is 4.77. The summed E-state index contributed by atoms with van der Waals surface area (Å²) in [6, 6.07) is 13.0. The van der Waals surface area contributed by atoms with Crippen molar-refractivity contribution in [1.29, 1.82) is 0 Å². The molecular weight excluding hydrogens is 394 g/mol. The molecular formula is C16H16BrN3O3S. The van der Waals surface area contributed by atoms with Gasteiger partial charge >= 0.3 is 6.03 Å². The zero-order valence-corrected chi connectivity index (χ0v) is 15.0. The van der Waals surface area contributed by atoms with Crippen molar-refractivity contribution in [2.45, 2.75) is 23.8 Å². The normalized spacial score (nSPS) is 14.0. The van der Waals surface area contributed by atoms with Crippen molar-refractivity contribution >= 4 is 43.4 Å². The highest BCUT2D eigenvalue weighted by atomic mass is 79.9. The third-order valence-electron chi connectivity index (χ3n) is 3.41. The van der Waals surface area contributed by atoms with E-state index < -0.39 is 10.0 Å². The third kappa shape index (κ3) is 4.48. The van der Waals surface area contributed by atoms with Crippen LogP contribution in [0.4, 0.5) is 16.2 Å². The van der Waals surface area contributed by atoms with Crippen LogP contribution in [0.1, 0.15) is 12.8 Å². The summed E-state index contributed by atoms with van der Waals surface area (Å²) in [4.78, 5) is 11.8. The predicted octanol–water partition coefficient (Wildman–Crippen LogP) is 3.53. The van der Waals surface area contributed by atoms with Crippen molar-refractivity contribution in [3.8, 4) is 0 Å². The van der Waals surface area contributed by atoms with Gasteiger partial charge in [-0.2, -0.15) is 0 Å². The molecule has 1 aliphatic carbocycles. The van der Waals surface area contributed by atoms with Crippen molar-refractivity contribution in [2.75, 3.05) is 10.0 Å². The lowest BCUT2D eigenvalue weighted by Crippen LogP contribution is -2.30. The number of carbonyl (C=O) groups is 1. The Hall–Kier alpha value is -2.06. The summed E-state index contributed by atoms with van der Waals surface area (Å²) in [7, 11) is -3.66. The second-order valence-electron chi connectivity index (χ2n) is 5.51. The summed E-state index contributed by atoms with van der Waals surface area (Å²) in [6.45, 7) is 0. The number of nitrogens with one attached hydrogen (secondary N) is 3. The Bertz CT molecular complexity index is 849. The average molecular weight is 410 g/mol. The van der Waals surface area contributed by atoms with Crippen LogP contribution in [0.25, 0.3) is 0 Å². The molecule has 3 rings (SSSR count). The monoisotopic (exact) mass is 409 g/mol. The largest absolute Gasteiger partial charge is 0.335 e. The van der Waals surface area contributed by atoms with Gasteiger partial charge in [0.15, 0.2) is 0 Å². The van der Waals surface area contributed by atoms with Crippen LogP contribution < -0.4 is 15.4 Å². The van der Waals surface area contributed by atoms with Crippen LogP contribution in [-0.2, 0) is 10.0 Å². The van der Waals surface area contributed by atoms with Gasteiger partial charge in [0.05, 0.1) is 4.90 Å². The smallest absolute Gasteiger partial charge is 0.319 e. The second-order valence-corrected chi connectivity index (χ2v) is 8.11. The molecule has 8 heteroatoms. The number of anilines is 2. The van der Waals surface area contributed by atoms with Crippen LogP contribution in [0, 0.1) is 0 Å². The van der Waals surface area contributed by atoms with Crippen LogP contribution in [0.15, 0.2) is 57.9 Å². The van der Waals surface area contributed by atoms with E-state index in [1.165, 1.54) is 12.1 Å². The fourth-order valence-corrected chi connectivity index (χ4v) is 3.70. The Balaban J connectivity index is 1.65. The number of sulfonamides is 1. The SMILES string of the molecule is O=C(Nc1ccc(NS(=O)(=O)c2cccc(Br)c2)cc1)NC1CC1. The van der Waals surface area contributed by atoms with Crippen molar-refractivity contribution in [1.82, 2.24) is 5.32 Å². The Morgan fingerprint density at radius 2 is 1.71 bits per heavy atom. The van der Waals surface area contributed by atoms with Gasteiger partial charge in [-0.05, 0) is 55.3 Å². The zero-order chi connectivity index (χ0) is 17.2. The molecule has 1 aliphatic rings. The van der Waals surface area contributed by atoms with Gasteiger partial charge in [0.1, 0.15) is 0 Å². The first kappa shape index (κ1) is 16.8. The highest BCUT2D eigenvalue weighted by molar-refractivity contribution is 9.10. The maximum atomic E-state index is 12.3. The molecule has 0 spiro atoms. The zero-order valence-electron chi connectivity index (χ0n) is 12.6. The van der Waals surface area contributed by atoms with Gasteiger partial charge < -0.3 is 10.6 Å². The fourth-order valence-electron chi connectivity index (χ4n) is 2.05. The predicted molar refractivity (Wildman–Crippen MR) is 96.6 cm³/mol. The first-order valence-electron chi connectivity index (χ1n) is 7.38. The Labute approximate surface area is 148 Å². The van der Waals surface area contributed by atoms with Gasteiger partial charge in [0.25, 0.3) is 10.0 Å². The minimum atomic E-state index is -3.66. The van der Waals surface area contributed by atoms with E-state index in [1.807, 2.05) is 0 Å². The molecule has 0 aromatic heterocycles. The number of carbonyl (C=O) groups excluding carboxylic acids is 1. The minimum absolute atomic E-state index is 0.169. The molecule has 1 saturated carbocycles. The summed E-state index contributed by atoms with van der Waals surface area (Å²) < 4.78 is 27.9. The van der Waals surface area contributed by atoms with E-state index in [1.54, 1.807) is 36.4 Å². The van der Waals surface area contributed by atoms with Crippen LogP contribution in [0.2, 0.25) is 0 Å². The minimum Gasteiger partial charge on any atom is -0.335 e. The van der Waals surface area contributed by atoms with Crippen molar-refractivity contribution < 1.29 is 13.2 Å². The van der Waals surface area contributed by atoms with Crippen LogP contribution in [-0.4, -0.2) is 20.5 Å². The number of halogens is 1. The lowest BCUT2D eigenvalue weighted by molar-refractivity contribution is 0.251. The molecule has 0 bridgehead atoms. The van der Waals surface area contributed by atoms with Gasteiger partial charge in [0.2, 0.25) is 0 Å². The molecule has 0 heterocycles. The maximum Gasteiger partial charge on any atom is 0.319 e. The van der Waals surface area contributed by atoms with E-state index in [9.17, 15) is 13.2 Å². The number of hydrogen-bond acceptors (Lipinski definition) is 3. The molecule has 0 atom stereocenters. The summed E-state index contributed by atoms with van der Waals surface area (Å²) in [5, 5.41) is 5.52. The highest BCUT2D eigenvalue weighted by Gasteiger charge is 2.23. The molecule has 126 valence electrons. The molecule has 0 radical (unpaired) electrons. The molecule has 2 aromatic rings. The number of hydrogen-bond donors (Lipinski definition) is 3. The first-order chi connectivity index (χ1) is 11.4. The molecule has 24 heavy (non-hydrogen) atoms. The quantitative estimate of drug-likeness (QED) is 0.705. The molecule has 2 amide bonds.